The fourth-order valence-electron chi connectivity index (χ4n) is 1.92. The summed E-state index contributed by atoms with van der Waals surface area (Å²) in [5, 5.41) is 10.0. The highest BCUT2D eigenvalue weighted by atomic mass is 16.5. The summed E-state index contributed by atoms with van der Waals surface area (Å²) in [6, 6.07) is 4.69. The molecule has 0 spiro atoms. The van der Waals surface area contributed by atoms with Gasteiger partial charge in [-0.25, -0.2) is 4.79 Å². The van der Waals surface area contributed by atoms with Crippen molar-refractivity contribution in [3.05, 3.63) is 40.5 Å². The standard InChI is InChI=1S/C14H12O5/c1-3-19-14(18)10-11(15)8-5-4-7(2)6-9(8)12(16)13(10)17/h4-6,15H,3H2,1-2H3. The van der Waals surface area contributed by atoms with E-state index in [4.69, 9.17) is 0 Å². The van der Waals surface area contributed by atoms with E-state index in [1.54, 1.807) is 19.9 Å². The third-order valence-electron chi connectivity index (χ3n) is 2.82. The molecule has 0 fully saturated rings. The largest absolute Gasteiger partial charge is 0.506 e. The highest BCUT2D eigenvalue weighted by Crippen LogP contribution is 2.29. The summed E-state index contributed by atoms with van der Waals surface area (Å²) in [4.78, 5) is 35.4. The van der Waals surface area contributed by atoms with Crippen LogP contribution >= 0.6 is 0 Å². The average molecular weight is 260 g/mol. The van der Waals surface area contributed by atoms with Crippen LogP contribution in [0.15, 0.2) is 23.8 Å². The molecule has 19 heavy (non-hydrogen) atoms. The van der Waals surface area contributed by atoms with E-state index in [1.165, 1.54) is 12.1 Å². The summed E-state index contributed by atoms with van der Waals surface area (Å²) in [5.74, 6) is -3.32. The topological polar surface area (TPSA) is 80.7 Å². The van der Waals surface area contributed by atoms with Crippen molar-refractivity contribution in [1.29, 1.82) is 0 Å². The molecule has 0 bridgehead atoms. The summed E-state index contributed by atoms with van der Waals surface area (Å²) in [6.45, 7) is 3.39. The second kappa shape index (κ2) is 4.68. The summed E-state index contributed by atoms with van der Waals surface area (Å²) in [7, 11) is 0. The van der Waals surface area contributed by atoms with Gasteiger partial charge in [0, 0.05) is 11.1 Å². The maximum Gasteiger partial charge on any atom is 0.346 e. The lowest BCUT2D eigenvalue weighted by atomic mass is 9.87. The third kappa shape index (κ3) is 2.03. The Hall–Kier alpha value is -2.43. The third-order valence-corrected chi connectivity index (χ3v) is 2.82. The maximum atomic E-state index is 11.9. The van der Waals surface area contributed by atoms with Crippen molar-refractivity contribution in [3.63, 3.8) is 0 Å². The van der Waals surface area contributed by atoms with E-state index in [1.807, 2.05) is 0 Å². The second-order valence-corrected chi connectivity index (χ2v) is 4.15. The molecule has 0 saturated carbocycles. The minimum Gasteiger partial charge on any atom is -0.506 e. The van der Waals surface area contributed by atoms with Crippen LogP contribution in [0.3, 0.4) is 0 Å². The Bertz CT molecular complexity index is 625. The lowest BCUT2D eigenvalue weighted by Gasteiger charge is -2.17. The van der Waals surface area contributed by atoms with Gasteiger partial charge >= 0.3 is 5.97 Å². The minimum atomic E-state index is -1.03. The van der Waals surface area contributed by atoms with E-state index in [-0.39, 0.29) is 17.7 Å². The van der Waals surface area contributed by atoms with Crippen molar-refractivity contribution in [2.45, 2.75) is 13.8 Å². The molecule has 1 aromatic rings. The Morgan fingerprint density at radius 2 is 1.89 bits per heavy atom. The van der Waals surface area contributed by atoms with Gasteiger partial charge in [-0.2, -0.15) is 0 Å². The van der Waals surface area contributed by atoms with E-state index in [0.29, 0.717) is 0 Å². The molecule has 1 aliphatic rings. The van der Waals surface area contributed by atoms with Gasteiger partial charge in [0.15, 0.2) is 5.57 Å². The number of carbonyl (C=O) groups excluding carboxylic acids is 3. The zero-order chi connectivity index (χ0) is 14.2. The molecule has 5 nitrogen and oxygen atoms in total. The van der Waals surface area contributed by atoms with E-state index in [0.717, 1.165) is 5.56 Å². The molecular formula is C14H12O5. The van der Waals surface area contributed by atoms with Gasteiger partial charge in [0.25, 0.3) is 0 Å². The molecule has 0 heterocycles. The summed E-state index contributed by atoms with van der Waals surface area (Å²) in [5.41, 5.74) is 0.476. The normalized spacial score (nSPS) is 14.4. The van der Waals surface area contributed by atoms with Crippen LogP contribution in [0.2, 0.25) is 0 Å². The van der Waals surface area contributed by atoms with Gasteiger partial charge in [-0.1, -0.05) is 17.7 Å². The monoisotopic (exact) mass is 260 g/mol. The van der Waals surface area contributed by atoms with Gasteiger partial charge in [-0.3, -0.25) is 9.59 Å². The Labute approximate surface area is 109 Å². The molecule has 0 aromatic heterocycles. The Morgan fingerprint density at radius 1 is 1.21 bits per heavy atom. The smallest absolute Gasteiger partial charge is 0.346 e. The van der Waals surface area contributed by atoms with Crippen molar-refractivity contribution in [1.82, 2.24) is 0 Å². The number of hydrogen-bond donors (Lipinski definition) is 1. The zero-order valence-corrected chi connectivity index (χ0v) is 10.5. The molecule has 2 rings (SSSR count). The molecule has 0 amide bonds. The van der Waals surface area contributed by atoms with Crippen LogP contribution in [0.5, 0.6) is 0 Å². The van der Waals surface area contributed by atoms with Gasteiger partial charge in [-0.15, -0.1) is 0 Å². The van der Waals surface area contributed by atoms with Gasteiger partial charge in [0.2, 0.25) is 11.6 Å². The average Bonchev–Trinajstić information content (AvgIpc) is 2.36. The van der Waals surface area contributed by atoms with Gasteiger partial charge in [0.1, 0.15) is 5.76 Å². The SMILES string of the molecule is CCOC(=O)C1=C(O)c2ccc(C)cc2C(=O)C1=O. The first-order valence-electron chi connectivity index (χ1n) is 5.77. The van der Waals surface area contributed by atoms with Crippen LogP contribution in [0, 0.1) is 6.92 Å². The van der Waals surface area contributed by atoms with Crippen molar-refractivity contribution >= 4 is 23.3 Å². The Kier molecular flexibility index (Phi) is 3.21. The lowest BCUT2D eigenvalue weighted by molar-refractivity contribution is -0.139. The van der Waals surface area contributed by atoms with Crippen LogP contribution in [-0.2, 0) is 14.3 Å². The second-order valence-electron chi connectivity index (χ2n) is 4.15. The van der Waals surface area contributed by atoms with E-state index in [2.05, 4.69) is 4.74 Å². The lowest BCUT2D eigenvalue weighted by Crippen LogP contribution is -2.29. The van der Waals surface area contributed by atoms with Crippen molar-refractivity contribution in [2.75, 3.05) is 6.61 Å². The molecule has 0 unspecified atom stereocenters. The Balaban J connectivity index is 2.64. The summed E-state index contributed by atoms with van der Waals surface area (Å²) in [6.07, 6.45) is 0. The number of ketones is 2. The van der Waals surface area contributed by atoms with Crippen LogP contribution in [0.4, 0.5) is 0 Å². The van der Waals surface area contributed by atoms with Crippen molar-refractivity contribution in [2.24, 2.45) is 0 Å². The molecular weight excluding hydrogens is 248 g/mol. The predicted octanol–water partition coefficient (Wildman–Crippen LogP) is 1.59. The number of esters is 1. The molecule has 0 radical (unpaired) electrons. The van der Waals surface area contributed by atoms with Gasteiger partial charge in [0.05, 0.1) is 6.61 Å². The van der Waals surface area contributed by atoms with Crippen LogP contribution in [0.1, 0.15) is 28.4 Å². The van der Waals surface area contributed by atoms with E-state index < -0.39 is 28.9 Å². The number of aliphatic hydroxyl groups excluding tert-OH is 1. The number of carbonyl (C=O) groups is 3. The number of Topliss-reactive ketones (excluding diaryl/α,β-unsaturated/α-hetero) is 2. The highest BCUT2D eigenvalue weighted by Gasteiger charge is 2.37. The van der Waals surface area contributed by atoms with E-state index >= 15 is 0 Å². The summed E-state index contributed by atoms with van der Waals surface area (Å²) >= 11 is 0. The van der Waals surface area contributed by atoms with Crippen LogP contribution < -0.4 is 0 Å². The first kappa shape index (κ1) is 13.0. The quantitative estimate of drug-likeness (QED) is 0.496. The predicted molar refractivity (Wildman–Crippen MR) is 66.7 cm³/mol. The number of aryl methyl sites for hydroxylation is 1. The zero-order valence-electron chi connectivity index (χ0n) is 10.5. The first-order chi connectivity index (χ1) is 8.97. The number of rotatable bonds is 2. The van der Waals surface area contributed by atoms with Crippen LogP contribution in [-0.4, -0.2) is 29.2 Å². The number of hydrogen-bond acceptors (Lipinski definition) is 5. The molecule has 0 atom stereocenters. The molecule has 0 aliphatic heterocycles. The fourth-order valence-corrected chi connectivity index (χ4v) is 1.92. The maximum absolute atomic E-state index is 11.9. The number of benzene rings is 1. The molecule has 98 valence electrons. The summed E-state index contributed by atoms with van der Waals surface area (Å²) < 4.78 is 4.68. The fraction of sp³-hybridized carbons (Fsp3) is 0.214. The molecule has 1 N–H and O–H groups in total. The molecule has 0 saturated heterocycles. The van der Waals surface area contributed by atoms with Gasteiger partial charge < -0.3 is 9.84 Å². The number of ether oxygens (including phenoxy) is 1. The Morgan fingerprint density at radius 3 is 2.53 bits per heavy atom. The van der Waals surface area contributed by atoms with E-state index in [9.17, 15) is 19.5 Å². The van der Waals surface area contributed by atoms with Gasteiger partial charge in [-0.05, 0) is 19.9 Å². The number of fused-ring (bicyclic) bond motifs is 1. The van der Waals surface area contributed by atoms with Crippen molar-refractivity contribution in [3.8, 4) is 0 Å². The van der Waals surface area contributed by atoms with Crippen LogP contribution in [0.25, 0.3) is 5.76 Å². The minimum absolute atomic E-state index is 0.0534. The molecule has 1 aromatic carbocycles. The number of aliphatic hydroxyl groups is 1. The highest BCUT2D eigenvalue weighted by molar-refractivity contribution is 6.56. The first-order valence-corrected chi connectivity index (χ1v) is 5.77. The molecule has 1 aliphatic carbocycles. The van der Waals surface area contributed by atoms with Crippen molar-refractivity contribution < 1.29 is 24.2 Å². The molecule has 5 heteroatoms.